The lowest BCUT2D eigenvalue weighted by Crippen LogP contribution is -2.71. The highest BCUT2D eigenvalue weighted by Gasteiger charge is 2.59. The van der Waals surface area contributed by atoms with Crippen molar-refractivity contribution in [1.29, 1.82) is 0 Å². The molecule has 8 nitrogen and oxygen atoms in total. The van der Waals surface area contributed by atoms with Gasteiger partial charge in [0.25, 0.3) is 0 Å². The Labute approximate surface area is 205 Å². The average molecular weight is 495 g/mol. The minimum Gasteiger partial charge on any atom is -0.465 e. The van der Waals surface area contributed by atoms with Crippen molar-refractivity contribution in [3.63, 3.8) is 0 Å². The Hall–Kier alpha value is -2.91. The van der Waals surface area contributed by atoms with E-state index in [0.29, 0.717) is 31.8 Å². The number of nitrogens with zero attached hydrogens (tertiary/aromatic N) is 4. The van der Waals surface area contributed by atoms with Crippen LogP contribution < -0.4 is 4.90 Å². The first kappa shape index (κ1) is 22.5. The number of rotatable bonds is 5. The van der Waals surface area contributed by atoms with Crippen molar-refractivity contribution in [3.05, 3.63) is 59.4 Å². The molecule has 1 spiro atoms. The van der Waals surface area contributed by atoms with Gasteiger partial charge in [0.05, 0.1) is 27.2 Å². The number of imidazole rings is 1. The monoisotopic (exact) mass is 494 g/mol. The number of carboxylic acid groups (broad SMARTS) is 1. The maximum atomic E-state index is 12.2. The predicted molar refractivity (Wildman–Crippen MR) is 135 cm³/mol. The maximum Gasteiger partial charge on any atom is 0.412 e. The predicted octanol–water partition coefficient (Wildman–Crippen LogP) is 3.32. The van der Waals surface area contributed by atoms with Crippen LogP contribution in [0, 0.1) is 0 Å². The van der Waals surface area contributed by atoms with Crippen LogP contribution in [-0.2, 0) is 29.2 Å². The fourth-order valence-corrected chi connectivity index (χ4v) is 7.88. The highest BCUT2D eigenvalue weighted by molar-refractivity contribution is 7.94. The number of likely N-dealkylation sites (tertiary alicyclic amines) is 1. The minimum atomic E-state index is -2.91. The lowest BCUT2D eigenvalue weighted by atomic mass is 9.95. The molecule has 9 heteroatoms. The number of aromatic nitrogens is 2. The summed E-state index contributed by atoms with van der Waals surface area (Å²) in [6, 6.07) is 14.1. The van der Waals surface area contributed by atoms with Gasteiger partial charge in [-0.15, -0.1) is 0 Å². The Morgan fingerprint density at radius 3 is 2.57 bits per heavy atom. The van der Waals surface area contributed by atoms with Crippen molar-refractivity contribution in [3.8, 4) is 0 Å². The summed E-state index contributed by atoms with van der Waals surface area (Å²) in [4.78, 5) is 20.7. The van der Waals surface area contributed by atoms with Gasteiger partial charge in [0.1, 0.15) is 5.82 Å². The van der Waals surface area contributed by atoms with E-state index in [1.54, 1.807) is 0 Å². The molecule has 3 aliphatic heterocycles. The van der Waals surface area contributed by atoms with Gasteiger partial charge in [0.15, 0.2) is 9.84 Å². The third-order valence-corrected chi connectivity index (χ3v) is 10.7. The van der Waals surface area contributed by atoms with Crippen molar-refractivity contribution in [2.75, 3.05) is 30.3 Å². The van der Waals surface area contributed by atoms with Gasteiger partial charge in [-0.3, -0.25) is 9.80 Å². The molecule has 1 amide bonds. The van der Waals surface area contributed by atoms with Gasteiger partial charge >= 0.3 is 6.09 Å². The van der Waals surface area contributed by atoms with E-state index in [1.807, 2.05) is 37.3 Å². The van der Waals surface area contributed by atoms with Gasteiger partial charge in [-0.1, -0.05) is 30.3 Å². The molecule has 0 bridgehead atoms. The number of hydrogen-bond acceptors (Lipinski definition) is 5. The SMILES string of the molecule is C[C@H]1CCc2c(ccc3c2nc(Cc2ccccc2)n3CCN2CC3(CCS3(=O)=O)C2)N1C(=O)O. The quantitative estimate of drug-likeness (QED) is 0.585. The summed E-state index contributed by atoms with van der Waals surface area (Å²) in [6.07, 6.45) is 2.10. The third-order valence-electron chi connectivity index (χ3n) is 8.15. The number of aryl methyl sites for hydroxylation is 1. The Morgan fingerprint density at radius 1 is 1.14 bits per heavy atom. The molecule has 35 heavy (non-hydrogen) atoms. The number of amides is 1. The van der Waals surface area contributed by atoms with Crippen LogP contribution in [0.15, 0.2) is 42.5 Å². The Kier molecular flexibility index (Phi) is 5.19. The second kappa shape index (κ2) is 8.06. The summed E-state index contributed by atoms with van der Waals surface area (Å²) < 4.78 is 26.1. The van der Waals surface area contributed by atoms with Crippen molar-refractivity contribution in [2.24, 2.45) is 0 Å². The van der Waals surface area contributed by atoms with E-state index in [1.165, 1.54) is 10.5 Å². The first-order chi connectivity index (χ1) is 16.8. The Bertz CT molecular complexity index is 1410. The number of sulfone groups is 1. The first-order valence-electron chi connectivity index (χ1n) is 12.3. The lowest BCUT2D eigenvalue weighted by Gasteiger charge is -2.54. The standard InChI is InChI=1S/C26H30N4O4S/c1-18-7-8-20-21(30(18)25(31)32)9-10-22-24(20)27-23(15-19-5-3-2-4-6-19)29(22)13-12-28-16-26(17-28)11-14-35(26,33)34/h2-6,9-10,18H,7-8,11-17H2,1H3,(H,31,32)/t18-/m0/s1. The molecule has 4 heterocycles. The molecule has 3 aromatic rings. The topological polar surface area (TPSA) is 95.7 Å². The van der Waals surface area contributed by atoms with Gasteiger partial charge in [-0.2, -0.15) is 0 Å². The van der Waals surface area contributed by atoms with Gasteiger partial charge in [-0.25, -0.2) is 18.2 Å². The fourth-order valence-electron chi connectivity index (χ4n) is 6.01. The normalized spacial score (nSPS) is 22.5. The Balaban J connectivity index is 1.34. The summed E-state index contributed by atoms with van der Waals surface area (Å²) in [5.41, 5.74) is 4.80. The molecule has 1 aromatic heterocycles. The molecular formula is C26H30N4O4S. The Morgan fingerprint density at radius 2 is 1.91 bits per heavy atom. The molecule has 3 aliphatic rings. The molecule has 184 valence electrons. The second-order valence-electron chi connectivity index (χ2n) is 10.3. The van der Waals surface area contributed by atoms with Crippen molar-refractivity contribution in [1.82, 2.24) is 14.5 Å². The van der Waals surface area contributed by atoms with Gasteiger partial charge in [0, 0.05) is 44.2 Å². The third kappa shape index (κ3) is 3.55. The number of carbonyl (C=O) groups is 1. The highest BCUT2D eigenvalue weighted by atomic mass is 32.2. The lowest BCUT2D eigenvalue weighted by molar-refractivity contribution is 0.102. The summed E-state index contributed by atoms with van der Waals surface area (Å²) in [5, 5.41) is 9.82. The van der Waals surface area contributed by atoms with Crippen LogP contribution in [0.3, 0.4) is 0 Å². The first-order valence-corrected chi connectivity index (χ1v) is 13.9. The number of benzene rings is 2. The van der Waals surface area contributed by atoms with E-state index in [9.17, 15) is 18.3 Å². The molecule has 0 aliphatic carbocycles. The van der Waals surface area contributed by atoms with Crippen LogP contribution in [0.2, 0.25) is 0 Å². The summed E-state index contributed by atoms with van der Waals surface area (Å²) >= 11 is 0. The molecule has 1 N–H and O–H groups in total. The molecule has 0 radical (unpaired) electrons. The smallest absolute Gasteiger partial charge is 0.412 e. The maximum absolute atomic E-state index is 12.2. The molecule has 2 saturated heterocycles. The number of anilines is 1. The minimum absolute atomic E-state index is 0.0650. The van der Waals surface area contributed by atoms with E-state index in [4.69, 9.17) is 4.98 Å². The summed E-state index contributed by atoms with van der Waals surface area (Å²) in [5.74, 6) is 1.28. The van der Waals surface area contributed by atoms with Crippen LogP contribution in [-0.4, -0.2) is 70.2 Å². The van der Waals surface area contributed by atoms with Crippen LogP contribution in [0.25, 0.3) is 11.0 Å². The van der Waals surface area contributed by atoms with Crippen LogP contribution in [0.1, 0.15) is 36.7 Å². The zero-order valence-corrected chi connectivity index (χ0v) is 20.7. The van der Waals surface area contributed by atoms with E-state index in [2.05, 4.69) is 21.6 Å². The van der Waals surface area contributed by atoms with Crippen molar-refractivity contribution >= 4 is 32.7 Å². The van der Waals surface area contributed by atoms with Crippen molar-refractivity contribution < 1.29 is 18.3 Å². The van der Waals surface area contributed by atoms with Crippen molar-refractivity contribution in [2.45, 2.75) is 49.9 Å². The zero-order chi connectivity index (χ0) is 24.4. The van der Waals surface area contributed by atoms with Crippen LogP contribution in [0.4, 0.5) is 10.5 Å². The molecule has 1 atom stereocenters. The van der Waals surface area contributed by atoms with E-state index >= 15 is 0 Å². The highest BCUT2D eigenvalue weighted by Crippen LogP contribution is 2.42. The largest absolute Gasteiger partial charge is 0.465 e. The van der Waals surface area contributed by atoms with Crippen LogP contribution in [0.5, 0.6) is 0 Å². The van der Waals surface area contributed by atoms with Gasteiger partial charge in [0.2, 0.25) is 0 Å². The number of fused-ring (bicyclic) bond motifs is 3. The van der Waals surface area contributed by atoms with E-state index in [0.717, 1.165) is 53.9 Å². The van der Waals surface area contributed by atoms with Gasteiger partial charge in [-0.05, 0) is 43.9 Å². The molecule has 0 saturated carbocycles. The van der Waals surface area contributed by atoms with Gasteiger partial charge < -0.3 is 9.67 Å². The van der Waals surface area contributed by atoms with E-state index in [-0.39, 0.29) is 6.04 Å². The molecule has 2 aromatic carbocycles. The molecule has 6 rings (SSSR count). The van der Waals surface area contributed by atoms with Crippen LogP contribution >= 0.6 is 0 Å². The zero-order valence-electron chi connectivity index (χ0n) is 19.9. The summed E-state index contributed by atoms with van der Waals surface area (Å²) in [7, 11) is -2.91. The average Bonchev–Trinajstić information content (AvgIpc) is 3.14. The second-order valence-corrected chi connectivity index (χ2v) is 12.8. The summed E-state index contributed by atoms with van der Waals surface area (Å²) in [6.45, 7) is 4.67. The van der Waals surface area contributed by atoms with E-state index < -0.39 is 20.7 Å². The molecular weight excluding hydrogens is 464 g/mol. The molecule has 0 unspecified atom stereocenters. The number of hydrogen-bond donors (Lipinski definition) is 1. The molecule has 2 fully saturated rings. The fraction of sp³-hybridized carbons (Fsp3) is 0.462.